The van der Waals surface area contributed by atoms with Crippen molar-refractivity contribution in [3.8, 4) is 0 Å². The molecule has 0 fully saturated rings. The highest BCUT2D eigenvalue weighted by Gasteiger charge is 2.41. The lowest BCUT2D eigenvalue weighted by Crippen LogP contribution is -2.51. The minimum Gasteiger partial charge on any atom is -0.465 e. The number of hydrogen-bond acceptors (Lipinski definition) is 7. The molecule has 0 aliphatic rings. The molecule has 0 saturated heterocycles. The Morgan fingerprint density at radius 2 is 1.50 bits per heavy atom. The number of esters is 2. The minimum atomic E-state index is -4.20. The molecule has 8 nitrogen and oxygen atoms in total. The van der Waals surface area contributed by atoms with Gasteiger partial charge in [-0.25, -0.2) is 13.2 Å². The van der Waals surface area contributed by atoms with Crippen LogP contribution in [0.3, 0.4) is 0 Å². The monoisotopic (exact) mass is 461 g/mol. The molecule has 0 aliphatic heterocycles. The molecule has 0 amide bonds. The second-order valence-electron chi connectivity index (χ2n) is 7.04. The smallest absolute Gasteiger partial charge is 0.374 e. The fraction of sp³-hybridized carbons (Fsp3) is 0.348. The van der Waals surface area contributed by atoms with Crippen LogP contribution in [-0.2, 0) is 40.3 Å². The van der Waals surface area contributed by atoms with Gasteiger partial charge in [-0.2, -0.15) is 4.72 Å². The number of ketones is 1. The highest BCUT2D eigenvalue weighted by molar-refractivity contribution is 7.89. The number of ether oxygens (including phenoxy) is 2. The lowest BCUT2D eigenvalue weighted by atomic mass is 9.88. The molecule has 32 heavy (non-hydrogen) atoms. The summed E-state index contributed by atoms with van der Waals surface area (Å²) in [6, 6.07) is 13.0. The van der Waals surface area contributed by atoms with E-state index in [-0.39, 0.29) is 24.5 Å². The molecule has 2 rings (SSSR count). The Balaban J connectivity index is 2.48. The maximum atomic E-state index is 13.0. The second-order valence-corrected chi connectivity index (χ2v) is 8.76. The van der Waals surface area contributed by atoms with Crippen LogP contribution in [0.1, 0.15) is 25.0 Å². The summed E-state index contributed by atoms with van der Waals surface area (Å²) in [4.78, 5) is 37.9. The Morgan fingerprint density at radius 3 is 2.06 bits per heavy atom. The number of nitrogens with one attached hydrogen (secondary N) is 1. The average Bonchev–Trinajstić information content (AvgIpc) is 2.77. The number of carbonyl (C=O) groups is 3. The molecular weight excluding hydrogens is 434 g/mol. The topological polar surface area (TPSA) is 116 Å². The first kappa shape index (κ1) is 25.2. The third kappa shape index (κ3) is 6.73. The van der Waals surface area contributed by atoms with Crippen molar-refractivity contribution in [3.05, 3.63) is 65.7 Å². The van der Waals surface area contributed by atoms with Gasteiger partial charge in [0.1, 0.15) is 6.04 Å². The zero-order chi connectivity index (χ0) is 23.7. The number of carbonyl (C=O) groups excluding carboxylic acids is 3. The number of rotatable bonds is 11. The zero-order valence-corrected chi connectivity index (χ0v) is 19.1. The van der Waals surface area contributed by atoms with Gasteiger partial charge in [0.25, 0.3) is 0 Å². The van der Waals surface area contributed by atoms with Crippen molar-refractivity contribution in [2.75, 3.05) is 13.2 Å². The highest BCUT2D eigenvalue weighted by Crippen LogP contribution is 2.20. The first-order chi connectivity index (χ1) is 15.2. The number of benzene rings is 2. The molecule has 0 saturated carbocycles. The predicted molar refractivity (Wildman–Crippen MR) is 117 cm³/mol. The third-order valence-corrected chi connectivity index (χ3v) is 6.13. The Hall–Kier alpha value is -3.04. The van der Waals surface area contributed by atoms with Crippen molar-refractivity contribution in [1.29, 1.82) is 0 Å². The summed E-state index contributed by atoms with van der Waals surface area (Å²) in [6.45, 7) is 4.83. The summed E-state index contributed by atoms with van der Waals surface area (Å²) in [5, 5.41) is 0. The van der Waals surface area contributed by atoms with Crippen molar-refractivity contribution < 1.29 is 32.3 Å². The van der Waals surface area contributed by atoms with Gasteiger partial charge >= 0.3 is 11.9 Å². The lowest BCUT2D eigenvalue weighted by Gasteiger charge is -2.25. The van der Waals surface area contributed by atoms with Gasteiger partial charge in [-0.15, -0.1) is 0 Å². The molecule has 0 spiro atoms. The molecule has 0 aliphatic carbocycles. The van der Waals surface area contributed by atoms with Gasteiger partial charge in [0, 0.05) is 0 Å². The number of hydrogen-bond donors (Lipinski definition) is 1. The SMILES string of the molecule is CCOC(=O)C(=O)[C@H](Cc1ccccc1)[C@@H](NS(=O)(=O)c1ccc(C)cc1)C(=O)OCC. The van der Waals surface area contributed by atoms with Crippen LogP contribution < -0.4 is 4.72 Å². The quantitative estimate of drug-likeness (QED) is 0.403. The van der Waals surface area contributed by atoms with E-state index in [1.54, 1.807) is 63.2 Å². The van der Waals surface area contributed by atoms with Crippen LogP contribution in [0.25, 0.3) is 0 Å². The minimum absolute atomic E-state index is 0.0345. The maximum Gasteiger partial charge on any atom is 0.374 e. The molecule has 2 aromatic rings. The molecule has 0 bridgehead atoms. The summed E-state index contributed by atoms with van der Waals surface area (Å²) < 4.78 is 38.1. The first-order valence-corrected chi connectivity index (χ1v) is 11.7. The van der Waals surface area contributed by atoms with E-state index >= 15 is 0 Å². The van der Waals surface area contributed by atoms with Crippen molar-refractivity contribution >= 4 is 27.7 Å². The maximum absolute atomic E-state index is 13.0. The van der Waals surface area contributed by atoms with E-state index < -0.39 is 39.7 Å². The van der Waals surface area contributed by atoms with E-state index in [1.807, 2.05) is 0 Å². The van der Waals surface area contributed by atoms with Gasteiger partial charge in [-0.3, -0.25) is 9.59 Å². The fourth-order valence-corrected chi connectivity index (χ4v) is 4.29. The summed E-state index contributed by atoms with van der Waals surface area (Å²) >= 11 is 0. The van der Waals surface area contributed by atoms with Crippen LogP contribution in [0.15, 0.2) is 59.5 Å². The molecule has 0 heterocycles. The predicted octanol–water partition coefficient (Wildman–Crippen LogP) is 2.20. The number of Topliss-reactive ketones (excluding diaryl/α,β-unsaturated/α-hetero) is 1. The number of aryl methyl sites for hydroxylation is 1. The number of sulfonamides is 1. The normalized spacial score (nSPS) is 13.1. The second kappa shape index (κ2) is 11.5. The fourth-order valence-electron chi connectivity index (χ4n) is 3.06. The molecule has 2 aromatic carbocycles. The Morgan fingerprint density at radius 1 is 0.906 bits per heavy atom. The van der Waals surface area contributed by atoms with Crippen LogP contribution in [0, 0.1) is 12.8 Å². The van der Waals surface area contributed by atoms with Gasteiger partial charge in [-0.1, -0.05) is 48.0 Å². The van der Waals surface area contributed by atoms with Crippen LogP contribution >= 0.6 is 0 Å². The van der Waals surface area contributed by atoms with Crippen LogP contribution in [-0.4, -0.2) is 45.4 Å². The van der Waals surface area contributed by atoms with Gasteiger partial charge < -0.3 is 9.47 Å². The van der Waals surface area contributed by atoms with Crippen LogP contribution in [0.2, 0.25) is 0 Å². The van der Waals surface area contributed by atoms with Crippen molar-refractivity contribution in [2.24, 2.45) is 5.92 Å². The molecule has 0 unspecified atom stereocenters. The van der Waals surface area contributed by atoms with E-state index in [2.05, 4.69) is 4.72 Å². The van der Waals surface area contributed by atoms with E-state index in [4.69, 9.17) is 9.47 Å². The molecule has 0 radical (unpaired) electrons. The largest absolute Gasteiger partial charge is 0.465 e. The molecule has 1 N–H and O–H groups in total. The van der Waals surface area contributed by atoms with E-state index in [1.165, 1.54) is 12.1 Å². The summed E-state index contributed by atoms with van der Waals surface area (Å²) in [5.74, 6) is -4.48. The van der Waals surface area contributed by atoms with Gasteiger partial charge in [0.05, 0.1) is 24.0 Å². The molecule has 2 atom stereocenters. The molecular formula is C23H27NO7S. The van der Waals surface area contributed by atoms with Crippen molar-refractivity contribution in [2.45, 2.75) is 38.1 Å². The van der Waals surface area contributed by atoms with Crippen LogP contribution in [0.5, 0.6) is 0 Å². The van der Waals surface area contributed by atoms with E-state index in [9.17, 15) is 22.8 Å². The van der Waals surface area contributed by atoms with Crippen molar-refractivity contribution in [1.82, 2.24) is 4.72 Å². The van der Waals surface area contributed by atoms with E-state index in [0.717, 1.165) is 5.56 Å². The Bertz CT molecular complexity index is 1030. The summed E-state index contributed by atoms with van der Waals surface area (Å²) in [6.07, 6.45) is -0.0710. The Kier molecular flexibility index (Phi) is 9.10. The van der Waals surface area contributed by atoms with Gasteiger partial charge in [0.15, 0.2) is 0 Å². The standard InChI is InChI=1S/C23H27NO7S/c1-4-30-22(26)20(24-32(28,29)18-13-11-16(3)12-14-18)19(21(25)23(27)31-5-2)15-17-9-7-6-8-10-17/h6-14,19-20,24H,4-5,15H2,1-3H3/t19-,20-/m1/s1. The summed E-state index contributed by atoms with van der Waals surface area (Å²) in [5.41, 5.74) is 1.49. The molecule has 172 valence electrons. The highest BCUT2D eigenvalue weighted by atomic mass is 32.2. The van der Waals surface area contributed by atoms with Crippen molar-refractivity contribution in [3.63, 3.8) is 0 Å². The average molecular weight is 462 g/mol. The lowest BCUT2D eigenvalue weighted by molar-refractivity contribution is -0.158. The first-order valence-electron chi connectivity index (χ1n) is 10.2. The molecule has 9 heteroatoms. The van der Waals surface area contributed by atoms with Gasteiger partial charge in [0.2, 0.25) is 15.8 Å². The Labute approximate surface area is 188 Å². The van der Waals surface area contributed by atoms with Gasteiger partial charge in [-0.05, 0) is 44.9 Å². The molecule has 0 aromatic heterocycles. The van der Waals surface area contributed by atoms with Crippen LogP contribution in [0.4, 0.5) is 0 Å². The summed E-state index contributed by atoms with van der Waals surface area (Å²) in [7, 11) is -4.20. The van der Waals surface area contributed by atoms with E-state index in [0.29, 0.717) is 5.56 Å². The third-order valence-electron chi connectivity index (χ3n) is 4.67. The zero-order valence-electron chi connectivity index (χ0n) is 18.2.